The van der Waals surface area contributed by atoms with E-state index in [0.717, 1.165) is 12.7 Å². The zero-order valence-corrected chi connectivity index (χ0v) is 12.7. The van der Waals surface area contributed by atoms with Gasteiger partial charge in [0.1, 0.15) is 11.6 Å². The number of benzene rings is 1. The number of carbonyl (C=O) groups excluding carboxylic acids is 3. The van der Waals surface area contributed by atoms with Crippen LogP contribution in [0.1, 0.15) is 33.9 Å². The number of halogens is 1. The lowest BCUT2D eigenvalue weighted by Gasteiger charge is -2.02. The number of furan rings is 1. The molecule has 0 aliphatic carbocycles. The average Bonchev–Trinajstić information content (AvgIpc) is 2.89. The van der Waals surface area contributed by atoms with E-state index >= 15 is 0 Å². The molecule has 5 nitrogen and oxygen atoms in total. The Kier molecular flexibility index (Phi) is 5.05. The quantitative estimate of drug-likeness (QED) is 0.354. The van der Waals surface area contributed by atoms with Gasteiger partial charge in [0.15, 0.2) is 5.76 Å². The zero-order valence-electron chi connectivity index (χ0n) is 12.7. The van der Waals surface area contributed by atoms with Gasteiger partial charge in [-0.15, -0.1) is 0 Å². The molecule has 2 aromatic rings. The van der Waals surface area contributed by atoms with Gasteiger partial charge < -0.3 is 9.15 Å². The topological polar surface area (TPSA) is 73.6 Å². The number of carbonyl (C=O) groups is 3. The Hall–Kier alpha value is -2.76. The second-order valence-electron chi connectivity index (χ2n) is 5.03. The number of esters is 1. The van der Waals surface area contributed by atoms with E-state index in [0.29, 0.717) is 17.7 Å². The van der Waals surface area contributed by atoms with Gasteiger partial charge in [0.25, 0.3) is 0 Å². The van der Waals surface area contributed by atoms with Gasteiger partial charge in [-0.3, -0.25) is 9.59 Å². The molecule has 0 atom stereocenters. The smallest absolute Gasteiger partial charge is 0.374 e. The van der Waals surface area contributed by atoms with Crippen LogP contribution >= 0.6 is 0 Å². The molecule has 1 aromatic heterocycles. The molecule has 1 heterocycles. The van der Waals surface area contributed by atoms with Crippen molar-refractivity contribution >= 4 is 17.5 Å². The third-order valence-electron chi connectivity index (χ3n) is 3.23. The van der Waals surface area contributed by atoms with Gasteiger partial charge in [-0.1, -0.05) is 12.1 Å². The highest BCUT2D eigenvalue weighted by Gasteiger charge is 2.24. The number of ether oxygens (including phenoxy) is 1. The van der Waals surface area contributed by atoms with Crippen molar-refractivity contribution in [3.05, 3.63) is 58.8 Å². The van der Waals surface area contributed by atoms with Gasteiger partial charge in [0, 0.05) is 12.0 Å². The molecule has 6 heteroatoms. The molecule has 0 amide bonds. The second-order valence-corrected chi connectivity index (χ2v) is 5.03. The maximum Gasteiger partial charge on any atom is 0.374 e. The van der Waals surface area contributed by atoms with Crippen molar-refractivity contribution in [2.45, 2.75) is 19.8 Å². The van der Waals surface area contributed by atoms with E-state index < -0.39 is 24.0 Å². The molecule has 120 valence electrons. The number of hydrogen-bond donors (Lipinski definition) is 0. The predicted octanol–water partition coefficient (Wildman–Crippen LogP) is 2.63. The first-order valence-electron chi connectivity index (χ1n) is 6.88. The molecule has 0 N–H and O–H groups in total. The first-order chi connectivity index (χ1) is 10.9. The predicted molar refractivity (Wildman–Crippen MR) is 78.6 cm³/mol. The van der Waals surface area contributed by atoms with Crippen LogP contribution in [0.25, 0.3) is 0 Å². The van der Waals surface area contributed by atoms with Gasteiger partial charge in [-0.05, 0) is 30.7 Å². The zero-order chi connectivity index (χ0) is 17.0. The molecule has 0 aliphatic heterocycles. The van der Waals surface area contributed by atoms with Gasteiger partial charge >= 0.3 is 5.97 Å². The summed E-state index contributed by atoms with van der Waals surface area (Å²) in [6.45, 7) is 1.67. The number of methoxy groups -OCH3 is 1. The summed E-state index contributed by atoms with van der Waals surface area (Å²) in [5, 5.41) is 0. The van der Waals surface area contributed by atoms with Crippen molar-refractivity contribution in [1.29, 1.82) is 0 Å². The first kappa shape index (κ1) is 16.6. The Bertz CT molecular complexity index is 743. The summed E-state index contributed by atoms with van der Waals surface area (Å²) in [6.07, 6.45) is -0.263. The summed E-state index contributed by atoms with van der Waals surface area (Å²) in [7, 11) is 1.07. The number of aryl methyl sites for hydroxylation is 1. The van der Waals surface area contributed by atoms with Crippen LogP contribution in [-0.2, 0) is 20.7 Å². The lowest BCUT2D eigenvalue weighted by atomic mass is 10.0. The normalized spacial score (nSPS) is 10.4. The van der Waals surface area contributed by atoms with Crippen molar-refractivity contribution in [2.24, 2.45) is 0 Å². The summed E-state index contributed by atoms with van der Waals surface area (Å²) >= 11 is 0. The Labute approximate surface area is 132 Å². The molecule has 1 aromatic carbocycles. The number of rotatable bonds is 6. The fourth-order valence-electron chi connectivity index (χ4n) is 2.17. The summed E-state index contributed by atoms with van der Waals surface area (Å²) in [5.41, 5.74) is 1.37. The molecule has 0 spiro atoms. The van der Waals surface area contributed by atoms with E-state index in [1.807, 2.05) is 0 Å². The van der Waals surface area contributed by atoms with Crippen molar-refractivity contribution in [1.82, 2.24) is 0 Å². The van der Waals surface area contributed by atoms with Gasteiger partial charge in [-0.2, -0.15) is 0 Å². The summed E-state index contributed by atoms with van der Waals surface area (Å²) in [4.78, 5) is 34.8. The molecule has 0 unspecified atom stereocenters. The standard InChI is InChI=1S/C17H15FO5/c1-10-7-12(8-11-3-5-13(18)6-4-11)16(23-10)14(19)9-15(20)17(21)22-2/h3-7H,8-9H2,1-2H3. The monoisotopic (exact) mass is 318 g/mol. The largest absolute Gasteiger partial charge is 0.463 e. The van der Waals surface area contributed by atoms with Gasteiger partial charge in [0.2, 0.25) is 11.6 Å². The number of hydrogen-bond acceptors (Lipinski definition) is 5. The number of Topliss-reactive ketones (excluding diaryl/α,β-unsaturated/α-hetero) is 2. The summed E-state index contributed by atoms with van der Waals surface area (Å²) < 4.78 is 22.6. The Morgan fingerprint density at radius 1 is 1.17 bits per heavy atom. The first-order valence-corrected chi connectivity index (χ1v) is 6.88. The average molecular weight is 318 g/mol. The minimum absolute atomic E-state index is 0.0316. The van der Waals surface area contributed by atoms with Crippen LogP contribution in [0.2, 0.25) is 0 Å². The molecule has 2 rings (SSSR count). The van der Waals surface area contributed by atoms with Gasteiger partial charge in [0.05, 0.1) is 13.5 Å². The van der Waals surface area contributed by atoms with E-state index in [2.05, 4.69) is 4.74 Å². The van der Waals surface area contributed by atoms with Crippen LogP contribution in [0.15, 0.2) is 34.7 Å². The van der Waals surface area contributed by atoms with E-state index in [1.165, 1.54) is 12.1 Å². The minimum Gasteiger partial charge on any atom is -0.463 e. The fraction of sp³-hybridized carbons (Fsp3) is 0.235. The molecule has 0 saturated heterocycles. The highest BCUT2D eigenvalue weighted by atomic mass is 19.1. The van der Waals surface area contributed by atoms with Gasteiger partial charge in [-0.25, -0.2) is 9.18 Å². The minimum atomic E-state index is -1.07. The lowest BCUT2D eigenvalue weighted by molar-refractivity contribution is -0.151. The van der Waals surface area contributed by atoms with E-state index in [1.54, 1.807) is 25.1 Å². The van der Waals surface area contributed by atoms with Crippen LogP contribution < -0.4 is 0 Å². The van der Waals surface area contributed by atoms with Crippen molar-refractivity contribution in [3.63, 3.8) is 0 Å². The Morgan fingerprint density at radius 3 is 2.43 bits per heavy atom. The molecule has 0 saturated carbocycles. The second kappa shape index (κ2) is 7.00. The maximum absolute atomic E-state index is 12.9. The van der Waals surface area contributed by atoms with E-state index in [4.69, 9.17) is 4.42 Å². The Balaban J connectivity index is 2.19. The fourth-order valence-corrected chi connectivity index (χ4v) is 2.17. The van der Waals surface area contributed by atoms with Crippen molar-refractivity contribution < 1.29 is 27.9 Å². The molecule has 23 heavy (non-hydrogen) atoms. The van der Waals surface area contributed by atoms with E-state index in [9.17, 15) is 18.8 Å². The van der Waals surface area contributed by atoms with Crippen LogP contribution in [0, 0.1) is 12.7 Å². The molecule has 0 aliphatic rings. The van der Waals surface area contributed by atoms with Crippen molar-refractivity contribution in [2.75, 3.05) is 7.11 Å². The molecular weight excluding hydrogens is 303 g/mol. The lowest BCUT2D eigenvalue weighted by Crippen LogP contribution is -2.19. The molecular formula is C17H15FO5. The number of ketones is 2. The van der Waals surface area contributed by atoms with Crippen molar-refractivity contribution in [3.8, 4) is 0 Å². The molecule has 0 bridgehead atoms. The summed E-state index contributed by atoms with van der Waals surface area (Å²) in [5.74, 6) is -2.40. The van der Waals surface area contributed by atoms with Crippen LogP contribution in [-0.4, -0.2) is 24.6 Å². The third kappa shape index (κ3) is 4.12. The maximum atomic E-state index is 12.9. The third-order valence-corrected chi connectivity index (χ3v) is 3.23. The highest BCUT2D eigenvalue weighted by Crippen LogP contribution is 2.21. The van der Waals surface area contributed by atoms with E-state index in [-0.39, 0.29) is 11.6 Å². The highest BCUT2D eigenvalue weighted by molar-refractivity contribution is 6.38. The molecule has 0 fully saturated rings. The van der Waals surface area contributed by atoms with Crippen LogP contribution in [0.4, 0.5) is 4.39 Å². The van der Waals surface area contributed by atoms with Crippen LogP contribution in [0.3, 0.4) is 0 Å². The van der Waals surface area contributed by atoms with Crippen LogP contribution in [0.5, 0.6) is 0 Å². The Morgan fingerprint density at radius 2 is 1.83 bits per heavy atom. The molecule has 0 radical (unpaired) electrons. The summed E-state index contributed by atoms with van der Waals surface area (Å²) in [6, 6.07) is 7.53. The SMILES string of the molecule is COC(=O)C(=O)CC(=O)c1oc(C)cc1Cc1ccc(F)cc1.